The molecule has 4 nitrogen and oxygen atoms in total. The molecule has 0 aromatic rings. The Morgan fingerprint density at radius 3 is 1.66 bits per heavy atom. The van der Waals surface area contributed by atoms with E-state index in [1.54, 1.807) is 6.92 Å². The van der Waals surface area contributed by atoms with Gasteiger partial charge in [0.1, 0.15) is 0 Å². The van der Waals surface area contributed by atoms with Gasteiger partial charge in [0.15, 0.2) is 0 Å². The van der Waals surface area contributed by atoms with Gasteiger partial charge in [-0.15, -0.1) is 0 Å². The summed E-state index contributed by atoms with van der Waals surface area (Å²) >= 11 is 0. The van der Waals surface area contributed by atoms with Gasteiger partial charge in [0.25, 0.3) is 14.3 Å². The van der Waals surface area contributed by atoms with Crippen LogP contribution in [0.25, 0.3) is 0 Å². The first-order chi connectivity index (χ1) is 13.5. The largest absolute Gasteiger partial charge is 0.519 e. The fraction of sp³-hybridized carbons (Fsp3) is 0.833. The van der Waals surface area contributed by atoms with Crippen LogP contribution in [-0.2, 0) is 18.8 Å². The van der Waals surface area contributed by atoms with Gasteiger partial charge in [-0.1, -0.05) is 67.4 Å². The highest BCUT2D eigenvalue weighted by atomic mass is 28.4. The summed E-state index contributed by atoms with van der Waals surface area (Å²) in [7, 11) is -2.09. The fourth-order valence-electron chi connectivity index (χ4n) is 3.14. The monoisotopic (exact) mass is 426 g/mol. The zero-order valence-corrected chi connectivity index (χ0v) is 21.1. The molecule has 0 aliphatic heterocycles. The average Bonchev–Trinajstić information content (AvgIpc) is 2.62. The zero-order chi connectivity index (χ0) is 22.4. The maximum Gasteiger partial charge on any atom is 0.333 e. The predicted molar refractivity (Wildman–Crippen MR) is 124 cm³/mol. The molecule has 5 heteroatoms. The molecular formula is C24H46O4Si. The molecule has 0 saturated heterocycles. The number of carbonyl (C=O) groups excluding carboxylic acids is 2. The molecule has 0 amide bonds. The van der Waals surface area contributed by atoms with Crippen molar-refractivity contribution >= 4 is 20.3 Å². The predicted octanol–water partition coefficient (Wildman–Crippen LogP) is 6.90. The molecule has 0 fully saturated rings. The Kier molecular flexibility index (Phi) is 14.2. The third-order valence-electron chi connectivity index (χ3n) is 5.22. The van der Waals surface area contributed by atoms with Crippen LogP contribution in [0.2, 0.25) is 18.1 Å². The van der Waals surface area contributed by atoms with E-state index in [1.165, 1.54) is 0 Å². The van der Waals surface area contributed by atoms with Crippen molar-refractivity contribution < 1.29 is 18.8 Å². The second-order valence-corrected chi connectivity index (χ2v) is 13.9. The molecule has 0 bridgehead atoms. The summed E-state index contributed by atoms with van der Waals surface area (Å²) in [4.78, 5) is 24.1. The van der Waals surface area contributed by atoms with Gasteiger partial charge in [-0.25, -0.2) is 4.79 Å². The van der Waals surface area contributed by atoms with Crippen LogP contribution in [0, 0.1) is 17.8 Å². The average molecular weight is 427 g/mol. The smallest absolute Gasteiger partial charge is 0.333 e. The van der Waals surface area contributed by atoms with E-state index in [4.69, 9.17) is 9.16 Å². The Hall–Kier alpha value is -1.10. The normalized spacial score (nSPS) is 11.9. The third-order valence-corrected chi connectivity index (χ3v) is 9.48. The Morgan fingerprint density at radius 2 is 1.28 bits per heavy atom. The Bertz CT molecular complexity index is 466. The molecule has 0 aromatic heterocycles. The van der Waals surface area contributed by atoms with E-state index in [-0.39, 0.29) is 11.9 Å². The van der Waals surface area contributed by atoms with Gasteiger partial charge < -0.3 is 9.16 Å². The van der Waals surface area contributed by atoms with Gasteiger partial charge in [-0.05, 0) is 55.7 Å². The molecule has 0 saturated carbocycles. The second-order valence-electron chi connectivity index (χ2n) is 9.83. The molecule has 0 atom stereocenters. The van der Waals surface area contributed by atoms with E-state index in [9.17, 15) is 9.59 Å². The molecule has 170 valence electrons. The number of unbranched alkanes of at least 4 members (excludes halogenated alkanes) is 1. The van der Waals surface area contributed by atoms with Crippen molar-refractivity contribution in [1.82, 2.24) is 0 Å². The lowest BCUT2D eigenvalue weighted by atomic mass is 10.2. The van der Waals surface area contributed by atoms with Crippen molar-refractivity contribution in [2.24, 2.45) is 17.8 Å². The second kappa shape index (κ2) is 14.8. The molecule has 0 aliphatic carbocycles. The van der Waals surface area contributed by atoms with E-state index in [1.807, 2.05) is 0 Å². The minimum atomic E-state index is -2.09. The minimum absolute atomic E-state index is 0.0563. The summed E-state index contributed by atoms with van der Waals surface area (Å²) in [6, 6.07) is 3.23. The molecule has 0 spiro atoms. The molecule has 0 aliphatic rings. The lowest BCUT2D eigenvalue weighted by molar-refractivity contribution is -0.139. The molecule has 0 radical (unpaired) electrons. The van der Waals surface area contributed by atoms with Gasteiger partial charge in [-0.2, -0.15) is 0 Å². The molecule has 0 N–H and O–H groups in total. The van der Waals surface area contributed by atoms with E-state index < -0.39 is 8.32 Å². The fourth-order valence-corrected chi connectivity index (χ4v) is 8.09. The first-order valence-corrected chi connectivity index (χ1v) is 14.0. The maximum atomic E-state index is 12.7. The molecule has 0 heterocycles. The van der Waals surface area contributed by atoms with E-state index in [0.717, 1.165) is 37.4 Å². The van der Waals surface area contributed by atoms with E-state index >= 15 is 0 Å². The van der Waals surface area contributed by atoms with Crippen molar-refractivity contribution in [2.75, 3.05) is 6.61 Å². The molecular weight excluding hydrogens is 380 g/mol. The number of carbonyl (C=O) groups is 2. The van der Waals surface area contributed by atoms with Crippen molar-refractivity contribution in [3.63, 3.8) is 0 Å². The van der Waals surface area contributed by atoms with Gasteiger partial charge in [0.05, 0.1) is 6.61 Å². The van der Waals surface area contributed by atoms with Crippen LogP contribution in [0.1, 0.15) is 87.0 Å². The topological polar surface area (TPSA) is 52.6 Å². The van der Waals surface area contributed by atoms with E-state index in [2.05, 4.69) is 48.1 Å². The SMILES string of the molecule is C=C(C)C(=O)OCCCCC(=O)O[Si](CCC(C)C)(CCC(C)C)CCC(C)C. The summed E-state index contributed by atoms with van der Waals surface area (Å²) in [5.41, 5.74) is 0.403. The van der Waals surface area contributed by atoms with Crippen molar-refractivity contribution in [3.8, 4) is 0 Å². The van der Waals surface area contributed by atoms with Crippen molar-refractivity contribution in [3.05, 3.63) is 12.2 Å². The van der Waals surface area contributed by atoms with Crippen LogP contribution in [0.3, 0.4) is 0 Å². The summed E-state index contributed by atoms with van der Waals surface area (Å²) in [6.07, 6.45) is 5.16. The Labute approximate surface area is 180 Å². The maximum absolute atomic E-state index is 12.7. The van der Waals surface area contributed by atoms with Crippen LogP contribution in [0.4, 0.5) is 0 Å². The zero-order valence-electron chi connectivity index (χ0n) is 20.1. The molecule has 0 unspecified atom stereocenters. The van der Waals surface area contributed by atoms with Crippen LogP contribution in [-0.4, -0.2) is 26.9 Å². The number of hydrogen-bond acceptors (Lipinski definition) is 4. The third kappa shape index (κ3) is 14.5. The van der Waals surface area contributed by atoms with Gasteiger partial charge >= 0.3 is 5.97 Å². The van der Waals surface area contributed by atoms with Crippen LogP contribution in [0.15, 0.2) is 12.2 Å². The summed E-state index contributed by atoms with van der Waals surface area (Å²) in [5.74, 6) is 1.46. The Morgan fingerprint density at radius 1 is 0.828 bits per heavy atom. The molecule has 29 heavy (non-hydrogen) atoms. The Balaban J connectivity index is 4.83. The number of rotatable bonds is 16. The lowest BCUT2D eigenvalue weighted by Gasteiger charge is -2.33. The number of esters is 1. The summed E-state index contributed by atoms with van der Waals surface area (Å²) in [5, 5.41) is 0. The van der Waals surface area contributed by atoms with Crippen LogP contribution in [0.5, 0.6) is 0 Å². The minimum Gasteiger partial charge on any atom is -0.519 e. The van der Waals surface area contributed by atoms with Crippen molar-refractivity contribution in [2.45, 2.75) is 105 Å². The van der Waals surface area contributed by atoms with Crippen LogP contribution >= 0.6 is 0 Å². The summed E-state index contributed by atoms with van der Waals surface area (Å²) in [6.45, 7) is 19.0. The first-order valence-electron chi connectivity index (χ1n) is 11.5. The highest BCUT2D eigenvalue weighted by molar-refractivity contribution is 6.75. The van der Waals surface area contributed by atoms with Gasteiger partial charge in [0, 0.05) is 12.0 Å². The first kappa shape index (κ1) is 27.9. The van der Waals surface area contributed by atoms with Gasteiger partial charge in [0.2, 0.25) is 0 Å². The lowest BCUT2D eigenvalue weighted by Crippen LogP contribution is -2.41. The highest BCUT2D eigenvalue weighted by Crippen LogP contribution is 2.32. The quantitative estimate of drug-likeness (QED) is 0.116. The standard InChI is InChI=1S/C24H46O4Si/c1-19(2)12-16-29(17-13-20(3)4,18-14-21(5)6)28-23(25)11-9-10-15-27-24(26)22(7)8/h19-21H,7,9-18H2,1-6,8H3. The highest BCUT2D eigenvalue weighted by Gasteiger charge is 2.38. The number of ether oxygens (including phenoxy) is 1. The van der Waals surface area contributed by atoms with Gasteiger partial charge in [-0.3, -0.25) is 4.79 Å². The number of hydrogen-bond donors (Lipinski definition) is 0. The molecule has 0 aromatic carbocycles. The van der Waals surface area contributed by atoms with Crippen molar-refractivity contribution in [1.29, 1.82) is 0 Å². The summed E-state index contributed by atoms with van der Waals surface area (Å²) < 4.78 is 11.4. The van der Waals surface area contributed by atoms with Crippen LogP contribution < -0.4 is 0 Å². The molecule has 0 rings (SSSR count). The van der Waals surface area contributed by atoms with E-state index in [0.29, 0.717) is 49.2 Å².